The van der Waals surface area contributed by atoms with E-state index >= 15 is 0 Å². The molecule has 0 aliphatic rings. The molecule has 1 amide bonds. The summed E-state index contributed by atoms with van der Waals surface area (Å²) in [6, 6.07) is 22.8. The highest BCUT2D eigenvalue weighted by Crippen LogP contribution is 2.28. The molecule has 0 aliphatic carbocycles. The number of sulfonamides is 1. The third kappa shape index (κ3) is 6.71. The van der Waals surface area contributed by atoms with E-state index in [1.807, 2.05) is 46.5 Å². The number of carbonyl (C=O) groups is 1. The van der Waals surface area contributed by atoms with Gasteiger partial charge in [-0.05, 0) is 48.3 Å². The van der Waals surface area contributed by atoms with Crippen LogP contribution < -0.4 is 4.72 Å². The summed E-state index contributed by atoms with van der Waals surface area (Å²) in [6.07, 6.45) is 0.583. The second kappa shape index (κ2) is 12.2. The van der Waals surface area contributed by atoms with Crippen molar-refractivity contribution >= 4 is 33.4 Å². The van der Waals surface area contributed by atoms with Crippen molar-refractivity contribution < 1.29 is 23.1 Å². The molecule has 0 unspecified atom stereocenters. The summed E-state index contributed by atoms with van der Waals surface area (Å²) in [7, 11) is -4.20. The second-order valence-electron chi connectivity index (χ2n) is 8.96. The molecule has 10 heteroatoms. The second-order valence-corrected chi connectivity index (χ2v) is 11.0. The first-order valence-corrected chi connectivity index (χ1v) is 14.3. The number of aryl methyl sites for hydroxylation is 2. The number of nitrogens with zero attached hydrogens (tertiary/aromatic N) is 2. The number of amides is 1. The van der Waals surface area contributed by atoms with E-state index in [1.165, 1.54) is 6.07 Å². The Balaban J connectivity index is 1.54. The van der Waals surface area contributed by atoms with Crippen LogP contribution in [-0.4, -0.2) is 34.2 Å². The van der Waals surface area contributed by atoms with Crippen molar-refractivity contribution in [2.75, 3.05) is 0 Å². The number of benzene rings is 3. The summed E-state index contributed by atoms with van der Waals surface area (Å²) < 4.78 is 35.2. The molecule has 202 valence electrons. The Bertz CT molecular complexity index is 1580. The summed E-state index contributed by atoms with van der Waals surface area (Å²) in [4.78, 5) is 16.8. The van der Waals surface area contributed by atoms with Crippen LogP contribution in [0.3, 0.4) is 0 Å². The fraction of sp³-hybridized carbons (Fsp3) is 0.207. The normalized spacial score (nSPS) is 11.2. The summed E-state index contributed by atoms with van der Waals surface area (Å²) >= 11 is 5.05. The zero-order valence-electron chi connectivity index (χ0n) is 21.6. The summed E-state index contributed by atoms with van der Waals surface area (Å²) in [5, 5.41) is 9.87. The number of hydrogen-bond acceptors (Lipinski definition) is 6. The molecule has 0 aliphatic heterocycles. The predicted molar refractivity (Wildman–Crippen MR) is 153 cm³/mol. The van der Waals surface area contributed by atoms with Crippen LogP contribution in [-0.2, 0) is 34.3 Å². The van der Waals surface area contributed by atoms with Crippen LogP contribution in [0.1, 0.15) is 41.7 Å². The van der Waals surface area contributed by atoms with Crippen LogP contribution >= 0.6 is 12.2 Å². The molecule has 1 aromatic heterocycles. The molecule has 0 saturated carbocycles. The van der Waals surface area contributed by atoms with E-state index in [4.69, 9.17) is 17.0 Å². The molecule has 0 atom stereocenters. The van der Waals surface area contributed by atoms with Gasteiger partial charge in [0.1, 0.15) is 18.1 Å². The minimum Gasteiger partial charge on any atom is -0.497 e. The van der Waals surface area contributed by atoms with Crippen molar-refractivity contribution in [3.63, 3.8) is 0 Å². The van der Waals surface area contributed by atoms with Gasteiger partial charge in [-0.3, -0.25) is 0 Å². The Morgan fingerprint density at radius 2 is 1.67 bits per heavy atom. The van der Waals surface area contributed by atoms with Crippen molar-refractivity contribution in [1.82, 2.24) is 14.3 Å². The minimum absolute atomic E-state index is 0.0437. The van der Waals surface area contributed by atoms with Gasteiger partial charge in [0.25, 0.3) is 10.0 Å². The number of hydrogen-bond donors (Lipinski definition) is 2. The molecule has 1 heterocycles. The Morgan fingerprint density at radius 3 is 2.33 bits per heavy atom. The van der Waals surface area contributed by atoms with Gasteiger partial charge in [-0.15, -0.1) is 0 Å². The fourth-order valence-corrected chi connectivity index (χ4v) is 5.69. The Hall–Kier alpha value is -4.02. The lowest BCUT2D eigenvalue weighted by atomic mass is 10.0. The predicted octanol–water partition coefficient (Wildman–Crippen LogP) is 5.71. The van der Waals surface area contributed by atoms with E-state index in [9.17, 15) is 18.3 Å². The SMILES string of the molecule is CCCc1nc(C)c(C(O)=S)n1Cc1ccc(-c2ccccc2S(=O)(=O)NC(=O)OCc2ccccc2)cc1. The summed E-state index contributed by atoms with van der Waals surface area (Å²) in [6.45, 7) is 4.27. The average Bonchev–Trinajstić information content (AvgIpc) is 3.23. The molecule has 39 heavy (non-hydrogen) atoms. The standard InChI is InChI=1S/C29H29N3O5S2/c1-3-9-26-30-20(2)27(28(33)38)32(26)18-21-14-16-23(17-15-21)24-12-7-8-13-25(24)39(35,36)31-29(34)37-19-22-10-5-4-6-11-22/h4-8,10-17H,3,9,18-19H2,1-2H3,(H,31,34)(H,33,38). The van der Waals surface area contributed by atoms with Gasteiger partial charge in [-0.1, -0.05) is 79.7 Å². The van der Waals surface area contributed by atoms with E-state index in [1.54, 1.807) is 42.5 Å². The van der Waals surface area contributed by atoms with Crippen molar-refractivity contribution in [3.8, 4) is 11.1 Å². The molecule has 4 rings (SSSR count). The number of nitrogens with one attached hydrogen (secondary N) is 1. The molecule has 4 aromatic rings. The fourth-order valence-electron chi connectivity index (χ4n) is 4.32. The zero-order valence-corrected chi connectivity index (χ0v) is 23.3. The highest BCUT2D eigenvalue weighted by atomic mass is 32.2. The third-order valence-corrected chi connectivity index (χ3v) is 7.67. The molecule has 0 bridgehead atoms. The van der Waals surface area contributed by atoms with Crippen LogP contribution in [0.4, 0.5) is 4.79 Å². The quantitative estimate of drug-likeness (QED) is 0.238. The molecule has 0 saturated heterocycles. The average molecular weight is 564 g/mol. The van der Waals surface area contributed by atoms with Crippen LogP contribution in [0, 0.1) is 6.92 Å². The van der Waals surface area contributed by atoms with Crippen molar-refractivity contribution in [1.29, 1.82) is 0 Å². The van der Waals surface area contributed by atoms with E-state index < -0.39 is 16.1 Å². The first kappa shape index (κ1) is 28.0. The molecule has 2 N–H and O–H groups in total. The molecule has 3 aromatic carbocycles. The topological polar surface area (TPSA) is 111 Å². The number of ether oxygens (including phenoxy) is 1. The first-order valence-electron chi connectivity index (χ1n) is 12.4. The van der Waals surface area contributed by atoms with E-state index in [-0.39, 0.29) is 16.6 Å². The Labute approximate surface area is 233 Å². The molecule has 0 radical (unpaired) electrons. The van der Waals surface area contributed by atoms with E-state index in [2.05, 4.69) is 11.9 Å². The monoisotopic (exact) mass is 563 g/mol. The number of imidazole rings is 1. The van der Waals surface area contributed by atoms with E-state index in [0.29, 0.717) is 29.1 Å². The van der Waals surface area contributed by atoms with Crippen LogP contribution in [0.2, 0.25) is 0 Å². The Kier molecular flexibility index (Phi) is 8.78. The molecule has 8 nitrogen and oxygen atoms in total. The number of rotatable bonds is 10. The lowest BCUT2D eigenvalue weighted by Gasteiger charge is -2.14. The van der Waals surface area contributed by atoms with E-state index in [0.717, 1.165) is 29.8 Å². The zero-order chi connectivity index (χ0) is 28.0. The van der Waals surface area contributed by atoms with Crippen LogP contribution in [0.15, 0.2) is 83.8 Å². The van der Waals surface area contributed by atoms with Gasteiger partial charge in [-0.25, -0.2) is 22.9 Å². The third-order valence-electron chi connectivity index (χ3n) is 6.11. The molecule has 0 spiro atoms. The van der Waals surface area contributed by atoms with Crippen molar-refractivity contribution in [2.45, 2.75) is 44.7 Å². The van der Waals surface area contributed by atoms with Gasteiger partial charge in [0.05, 0.1) is 10.6 Å². The first-order chi connectivity index (χ1) is 18.7. The van der Waals surface area contributed by atoms with Crippen molar-refractivity contribution in [2.24, 2.45) is 0 Å². The maximum Gasteiger partial charge on any atom is 0.421 e. The lowest BCUT2D eigenvalue weighted by Crippen LogP contribution is -2.31. The van der Waals surface area contributed by atoms with Gasteiger partial charge >= 0.3 is 6.09 Å². The van der Waals surface area contributed by atoms with Crippen LogP contribution in [0.5, 0.6) is 0 Å². The van der Waals surface area contributed by atoms with Gasteiger partial charge in [0, 0.05) is 18.5 Å². The lowest BCUT2D eigenvalue weighted by molar-refractivity contribution is 0.146. The number of aliphatic hydroxyl groups excluding tert-OH is 1. The molecular weight excluding hydrogens is 534 g/mol. The maximum atomic E-state index is 13.1. The van der Waals surface area contributed by atoms with Crippen molar-refractivity contribution in [3.05, 3.63) is 107 Å². The molecular formula is C29H29N3O5S2. The highest BCUT2D eigenvalue weighted by molar-refractivity contribution is 7.90. The Morgan fingerprint density at radius 1 is 1.00 bits per heavy atom. The number of carbonyl (C=O) groups excluding carboxylic acids is 1. The number of thiocarbonyl (C=S) groups is 1. The van der Waals surface area contributed by atoms with Crippen LogP contribution in [0.25, 0.3) is 11.1 Å². The minimum atomic E-state index is -4.20. The van der Waals surface area contributed by atoms with Gasteiger partial charge < -0.3 is 14.4 Å². The summed E-state index contributed by atoms with van der Waals surface area (Å²) in [5.41, 5.74) is 3.97. The van der Waals surface area contributed by atoms with Gasteiger partial charge in [0.15, 0.2) is 0 Å². The maximum absolute atomic E-state index is 13.1. The highest BCUT2D eigenvalue weighted by Gasteiger charge is 2.23. The smallest absolute Gasteiger partial charge is 0.421 e. The van der Waals surface area contributed by atoms with Gasteiger partial charge in [-0.2, -0.15) is 0 Å². The largest absolute Gasteiger partial charge is 0.497 e. The molecule has 0 fully saturated rings. The summed E-state index contributed by atoms with van der Waals surface area (Å²) in [5.74, 6) is 0.840. The van der Waals surface area contributed by atoms with Gasteiger partial charge in [0.2, 0.25) is 5.05 Å². The number of aromatic nitrogens is 2. The number of aliphatic hydroxyl groups is 1.